The second-order valence-corrected chi connectivity index (χ2v) is 8.66. The maximum absolute atomic E-state index is 12.9. The van der Waals surface area contributed by atoms with Gasteiger partial charge in [-0.25, -0.2) is 17.5 Å². The van der Waals surface area contributed by atoms with Crippen LogP contribution in [0.15, 0.2) is 47.4 Å². The number of nitrogens with zero attached hydrogens (tertiary/aromatic N) is 1. The Morgan fingerprint density at radius 3 is 2.53 bits per heavy atom. The van der Waals surface area contributed by atoms with Crippen LogP contribution in [0, 0.1) is 5.82 Å². The summed E-state index contributed by atoms with van der Waals surface area (Å²) in [7, 11) is -2.36. The number of ether oxygens (including phenoxy) is 2. The number of carbonyl (C=O) groups excluding carboxylic acids is 1. The molecule has 0 spiro atoms. The highest BCUT2D eigenvalue weighted by atomic mass is 32.2. The van der Waals surface area contributed by atoms with E-state index in [0.29, 0.717) is 44.9 Å². The van der Waals surface area contributed by atoms with Crippen molar-refractivity contribution in [2.45, 2.75) is 17.7 Å². The van der Waals surface area contributed by atoms with Crippen molar-refractivity contribution < 1.29 is 27.1 Å². The van der Waals surface area contributed by atoms with E-state index in [-0.39, 0.29) is 28.7 Å². The summed E-state index contributed by atoms with van der Waals surface area (Å²) in [6, 6.07) is 10.4. The third-order valence-corrected chi connectivity index (χ3v) is 6.32. The van der Waals surface area contributed by atoms with Crippen molar-refractivity contribution in [3.8, 4) is 5.75 Å². The number of rotatable bonds is 8. The first-order valence-electron chi connectivity index (χ1n) is 9.70. The highest BCUT2D eigenvalue weighted by Gasteiger charge is 2.24. The summed E-state index contributed by atoms with van der Waals surface area (Å²) >= 11 is 0. The van der Waals surface area contributed by atoms with Gasteiger partial charge in [0.1, 0.15) is 11.6 Å². The lowest BCUT2D eigenvalue weighted by Crippen LogP contribution is -2.40. The number of hydrogen-bond acceptors (Lipinski definition) is 5. The molecule has 7 nitrogen and oxygen atoms in total. The van der Waals surface area contributed by atoms with Gasteiger partial charge in [-0.2, -0.15) is 0 Å². The lowest BCUT2D eigenvalue weighted by atomic mass is 10.1. The quantitative estimate of drug-likeness (QED) is 0.642. The van der Waals surface area contributed by atoms with Crippen LogP contribution in [0.25, 0.3) is 0 Å². The van der Waals surface area contributed by atoms with Crippen LogP contribution in [0.2, 0.25) is 0 Å². The van der Waals surface area contributed by atoms with Gasteiger partial charge in [0.25, 0.3) is 5.91 Å². The lowest BCUT2D eigenvalue weighted by Gasteiger charge is -2.27. The zero-order chi connectivity index (χ0) is 21.6. The summed E-state index contributed by atoms with van der Waals surface area (Å²) in [6.07, 6.45) is 1.17. The van der Waals surface area contributed by atoms with Gasteiger partial charge >= 0.3 is 0 Å². The van der Waals surface area contributed by atoms with Gasteiger partial charge in [-0.3, -0.25) is 4.79 Å². The lowest BCUT2D eigenvalue weighted by molar-refractivity contribution is 0.0300. The number of benzene rings is 2. The van der Waals surface area contributed by atoms with Gasteiger partial charge in [0.05, 0.1) is 30.8 Å². The van der Waals surface area contributed by atoms with Crippen molar-refractivity contribution in [1.29, 1.82) is 0 Å². The number of aryl methyl sites for hydroxylation is 1. The molecule has 1 aliphatic heterocycles. The van der Waals surface area contributed by atoms with Gasteiger partial charge in [-0.05, 0) is 48.7 Å². The first-order chi connectivity index (χ1) is 14.4. The van der Waals surface area contributed by atoms with Gasteiger partial charge in [0.15, 0.2) is 0 Å². The molecule has 0 atom stereocenters. The fourth-order valence-electron chi connectivity index (χ4n) is 3.19. The number of carbonyl (C=O) groups is 1. The van der Waals surface area contributed by atoms with Gasteiger partial charge in [-0.1, -0.05) is 12.1 Å². The normalized spacial score (nSPS) is 14.5. The SMILES string of the molecule is COc1ccc(S(=O)(=O)NCCCc2ccc(F)cc2)cc1C(=O)N1CCOCC1. The molecule has 1 fully saturated rings. The maximum Gasteiger partial charge on any atom is 0.257 e. The van der Waals surface area contributed by atoms with Crippen LogP contribution in [-0.2, 0) is 21.2 Å². The molecule has 0 aromatic heterocycles. The van der Waals surface area contributed by atoms with Crippen LogP contribution in [-0.4, -0.2) is 59.2 Å². The molecule has 2 aromatic carbocycles. The Balaban J connectivity index is 1.67. The molecular formula is C21H25FN2O5S. The number of methoxy groups -OCH3 is 1. The van der Waals surface area contributed by atoms with E-state index in [1.165, 1.54) is 37.4 Å². The summed E-state index contributed by atoms with van der Waals surface area (Å²) in [4.78, 5) is 14.5. The standard InChI is InChI=1S/C21H25FN2O5S/c1-28-20-9-8-18(15-19(20)21(25)24-11-13-29-14-12-24)30(26,27)23-10-2-3-16-4-6-17(22)7-5-16/h4-9,15,23H,2-3,10-14H2,1H3. The first-order valence-corrected chi connectivity index (χ1v) is 11.2. The largest absolute Gasteiger partial charge is 0.496 e. The van der Waals surface area contributed by atoms with Gasteiger partial charge in [0.2, 0.25) is 10.0 Å². The Hall–Kier alpha value is -2.49. The van der Waals surface area contributed by atoms with Crippen molar-refractivity contribution in [3.05, 3.63) is 59.4 Å². The first kappa shape index (κ1) is 22.2. The number of morpholine rings is 1. The van der Waals surface area contributed by atoms with Gasteiger partial charge < -0.3 is 14.4 Å². The zero-order valence-electron chi connectivity index (χ0n) is 16.8. The van der Waals surface area contributed by atoms with Crippen LogP contribution in [0.3, 0.4) is 0 Å². The molecule has 162 valence electrons. The van der Waals surface area contributed by atoms with E-state index in [2.05, 4.69) is 4.72 Å². The van der Waals surface area contributed by atoms with Crippen LogP contribution < -0.4 is 9.46 Å². The van der Waals surface area contributed by atoms with E-state index in [0.717, 1.165) is 5.56 Å². The monoisotopic (exact) mass is 436 g/mol. The maximum atomic E-state index is 12.9. The van der Waals surface area contributed by atoms with Crippen LogP contribution in [0.4, 0.5) is 4.39 Å². The fraction of sp³-hybridized carbons (Fsp3) is 0.381. The van der Waals surface area contributed by atoms with Gasteiger partial charge in [-0.15, -0.1) is 0 Å². The zero-order valence-corrected chi connectivity index (χ0v) is 17.6. The van der Waals surface area contributed by atoms with E-state index < -0.39 is 10.0 Å². The Labute approximate surface area is 175 Å². The fourth-order valence-corrected chi connectivity index (χ4v) is 4.29. The van der Waals surface area contributed by atoms with Crippen LogP contribution in [0.5, 0.6) is 5.75 Å². The van der Waals surface area contributed by atoms with Gasteiger partial charge in [0, 0.05) is 19.6 Å². The summed E-state index contributed by atoms with van der Waals surface area (Å²) < 4.78 is 51.4. The van der Waals surface area contributed by atoms with E-state index in [1.807, 2.05) is 0 Å². The topological polar surface area (TPSA) is 84.9 Å². The number of halogens is 1. The third-order valence-electron chi connectivity index (χ3n) is 4.86. The average Bonchev–Trinajstić information content (AvgIpc) is 2.77. The van der Waals surface area contributed by atoms with Crippen LogP contribution >= 0.6 is 0 Å². The highest BCUT2D eigenvalue weighted by molar-refractivity contribution is 7.89. The van der Waals surface area contributed by atoms with E-state index in [4.69, 9.17) is 9.47 Å². The number of amides is 1. The molecule has 3 rings (SSSR count). The van der Waals surface area contributed by atoms with E-state index >= 15 is 0 Å². The molecule has 30 heavy (non-hydrogen) atoms. The second-order valence-electron chi connectivity index (χ2n) is 6.89. The Bertz CT molecular complexity index is 973. The predicted molar refractivity (Wildman–Crippen MR) is 110 cm³/mol. The minimum absolute atomic E-state index is 0.00157. The minimum atomic E-state index is -3.79. The van der Waals surface area contributed by atoms with Crippen molar-refractivity contribution in [3.63, 3.8) is 0 Å². The third kappa shape index (κ3) is 5.56. The summed E-state index contributed by atoms with van der Waals surface area (Å²) in [5, 5.41) is 0. The Kier molecular flexibility index (Phi) is 7.41. The Morgan fingerprint density at radius 2 is 1.87 bits per heavy atom. The molecule has 2 aromatic rings. The molecule has 1 aliphatic rings. The molecule has 1 N–H and O–H groups in total. The molecule has 0 aliphatic carbocycles. The smallest absolute Gasteiger partial charge is 0.257 e. The number of nitrogens with one attached hydrogen (secondary N) is 1. The van der Waals surface area contributed by atoms with Crippen molar-refractivity contribution in [2.24, 2.45) is 0 Å². The van der Waals surface area contributed by atoms with Crippen molar-refractivity contribution in [1.82, 2.24) is 9.62 Å². The summed E-state index contributed by atoms with van der Waals surface area (Å²) in [5.74, 6) is -0.272. The van der Waals surface area contributed by atoms with E-state index in [9.17, 15) is 17.6 Å². The molecule has 0 saturated carbocycles. The molecule has 1 amide bonds. The minimum Gasteiger partial charge on any atom is -0.496 e. The average molecular weight is 437 g/mol. The van der Waals surface area contributed by atoms with Crippen molar-refractivity contribution in [2.75, 3.05) is 40.0 Å². The Morgan fingerprint density at radius 1 is 1.17 bits per heavy atom. The summed E-state index contributed by atoms with van der Waals surface area (Å²) in [5.41, 5.74) is 1.13. The van der Waals surface area contributed by atoms with E-state index in [1.54, 1.807) is 17.0 Å². The molecular weight excluding hydrogens is 411 g/mol. The highest BCUT2D eigenvalue weighted by Crippen LogP contribution is 2.24. The molecule has 1 saturated heterocycles. The molecule has 0 radical (unpaired) electrons. The predicted octanol–water partition coefficient (Wildman–Crippen LogP) is 2.22. The van der Waals surface area contributed by atoms with Crippen molar-refractivity contribution >= 4 is 15.9 Å². The second kappa shape index (κ2) is 10.0. The number of hydrogen-bond donors (Lipinski definition) is 1. The summed E-state index contributed by atoms with van der Waals surface area (Å²) in [6.45, 7) is 2.00. The van der Waals surface area contributed by atoms with Crippen LogP contribution in [0.1, 0.15) is 22.3 Å². The number of sulfonamides is 1. The molecule has 1 heterocycles. The molecule has 0 bridgehead atoms. The molecule has 0 unspecified atom stereocenters. The molecule has 9 heteroatoms.